The Bertz CT molecular complexity index is 374. The summed E-state index contributed by atoms with van der Waals surface area (Å²) in [5, 5.41) is 7.82. The van der Waals surface area contributed by atoms with Gasteiger partial charge in [0.2, 0.25) is 0 Å². The molecular formula is C10H13BrN2O3. The fraction of sp³-hybridized carbons (Fsp3) is 0.600. The predicted octanol–water partition coefficient (Wildman–Crippen LogP) is 2.36. The molecular weight excluding hydrogens is 276 g/mol. The van der Waals surface area contributed by atoms with E-state index in [1.54, 1.807) is 6.07 Å². The molecule has 0 aromatic carbocycles. The Hall–Kier alpha value is -0.880. The Kier molecular flexibility index (Phi) is 3.95. The number of halogens is 1. The number of hydrogen-bond donors (Lipinski definition) is 0. The van der Waals surface area contributed by atoms with Crippen molar-refractivity contribution in [3.63, 3.8) is 0 Å². The van der Waals surface area contributed by atoms with E-state index in [9.17, 15) is 0 Å². The molecule has 1 aliphatic heterocycles. The molecule has 5 nitrogen and oxygen atoms in total. The van der Waals surface area contributed by atoms with Crippen LogP contribution in [0.25, 0.3) is 0 Å². The summed E-state index contributed by atoms with van der Waals surface area (Å²) in [5.41, 5.74) is 0.779. The van der Waals surface area contributed by atoms with E-state index in [1.807, 2.05) is 0 Å². The zero-order valence-electron chi connectivity index (χ0n) is 8.98. The van der Waals surface area contributed by atoms with Crippen molar-refractivity contribution in [2.75, 3.05) is 13.2 Å². The van der Waals surface area contributed by atoms with Crippen LogP contribution in [-0.4, -0.2) is 30.2 Å². The summed E-state index contributed by atoms with van der Waals surface area (Å²) >= 11 is 3.23. The standard InChI is InChI=1S/C10H13BrN2O3/c1-2-3-8(9-4-10(11)13-16-9)12-15-6-7-5-14-7/h4,7H,2-3,5-6H2,1H3/b12-8+. The predicted molar refractivity (Wildman–Crippen MR) is 61.3 cm³/mol. The van der Waals surface area contributed by atoms with Gasteiger partial charge in [-0.15, -0.1) is 0 Å². The third kappa shape index (κ3) is 3.31. The summed E-state index contributed by atoms with van der Waals surface area (Å²) in [4.78, 5) is 5.20. The van der Waals surface area contributed by atoms with Gasteiger partial charge < -0.3 is 14.1 Å². The molecule has 0 saturated carbocycles. The Balaban J connectivity index is 1.96. The number of oxime groups is 1. The minimum absolute atomic E-state index is 0.216. The molecule has 1 aromatic rings. The molecule has 1 atom stereocenters. The molecule has 0 spiro atoms. The Morgan fingerprint density at radius 2 is 2.56 bits per heavy atom. The van der Waals surface area contributed by atoms with E-state index < -0.39 is 0 Å². The summed E-state index contributed by atoms with van der Waals surface area (Å²) in [6.45, 7) is 3.35. The summed E-state index contributed by atoms with van der Waals surface area (Å²) in [7, 11) is 0. The molecule has 0 amide bonds. The molecule has 1 aliphatic rings. The summed E-state index contributed by atoms with van der Waals surface area (Å²) in [5.74, 6) is 0.644. The van der Waals surface area contributed by atoms with Crippen molar-refractivity contribution in [1.82, 2.24) is 5.16 Å². The maximum absolute atomic E-state index is 5.20. The van der Waals surface area contributed by atoms with Gasteiger partial charge in [-0.1, -0.05) is 23.7 Å². The molecule has 6 heteroatoms. The van der Waals surface area contributed by atoms with Crippen molar-refractivity contribution in [3.05, 3.63) is 16.4 Å². The zero-order valence-corrected chi connectivity index (χ0v) is 10.6. The van der Waals surface area contributed by atoms with Gasteiger partial charge in [0.15, 0.2) is 5.76 Å². The maximum Gasteiger partial charge on any atom is 0.185 e. The number of ether oxygens (including phenoxy) is 1. The van der Waals surface area contributed by atoms with Gasteiger partial charge in [-0.25, -0.2) is 0 Å². The lowest BCUT2D eigenvalue weighted by Crippen LogP contribution is -2.03. The lowest BCUT2D eigenvalue weighted by molar-refractivity contribution is 0.124. The monoisotopic (exact) mass is 288 g/mol. The number of nitrogens with zero attached hydrogens (tertiary/aromatic N) is 2. The van der Waals surface area contributed by atoms with Gasteiger partial charge in [0.05, 0.1) is 6.61 Å². The van der Waals surface area contributed by atoms with Crippen LogP contribution in [0, 0.1) is 0 Å². The van der Waals surface area contributed by atoms with Gasteiger partial charge in [-0.2, -0.15) is 0 Å². The average molecular weight is 289 g/mol. The van der Waals surface area contributed by atoms with E-state index >= 15 is 0 Å². The normalized spacial score (nSPS) is 19.9. The minimum atomic E-state index is 0.216. The van der Waals surface area contributed by atoms with Crippen LogP contribution in [0.5, 0.6) is 0 Å². The van der Waals surface area contributed by atoms with Gasteiger partial charge in [0.1, 0.15) is 23.0 Å². The average Bonchev–Trinajstić information content (AvgIpc) is 2.99. The lowest BCUT2D eigenvalue weighted by Gasteiger charge is -2.00. The van der Waals surface area contributed by atoms with E-state index in [-0.39, 0.29) is 6.10 Å². The molecule has 0 bridgehead atoms. The highest BCUT2D eigenvalue weighted by Crippen LogP contribution is 2.14. The molecule has 0 N–H and O–H groups in total. The summed E-state index contributed by atoms with van der Waals surface area (Å²) in [6, 6.07) is 1.78. The summed E-state index contributed by atoms with van der Waals surface area (Å²) in [6.07, 6.45) is 1.99. The van der Waals surface area contributed by atoms with Crippen LogP contribution < -0.4 is 0 Å². The van der Waals surface area contributed by atoms with Gasteiger partial charge in [-0.05, 0) is 22.4 Å². The SMILES string of the molecule is CCC/C(=N\OCC1CO1)c1cc(Br)no1. The van der Waals surface area contributed by atoms with E-state index in [0.29, 0.717) is 17.0 Å². The third-order valence-corrected chi connectivity index (χ3v) is 2.46. The molecule has 0 radical (unpaired) electrons. The van der Waals surface area contributed by atoms with Gasteiger partial charge in [0.25, 0.3) is 0 Å². The number of aromatic nitrogens is 1. The third-order valence-electron chi connectivity index (χ3n) is 2.09. The second-order valence-corrected chi connectivity index (χ2v) is 4.37. The number of rotatable bonds is 6. The van der Waals surface area contributed by atoms with Crippen molar-refractivity contribution < 1.29 is 14.1 Å². The van der Waals surface area contributed by atoms with Crippen molar-refractivity contribution in [2.45, 2.75) is 25.9 Å². The van der Waals surface area contributed by atoms with Gasteiger partial charge in [-0.3, -0.25) is 0 Å². The molecule has 1 saturated heterocycles. The topological polar surface area (TPSA) is 60.1 Å². The second kappa shape index (κ2) is 5.45. The first-order valence-electron chi connectivity index (χ1n) is 5.22. The van der Waals surface area contributed by atoms with Crippen molar-refractivity contribution in [2.24, 2.45) is 5.16 Å². The molecule has 0 aliphatic carbocycles. The van der Waals surface area contributed by atoms with Crippen LogP contribution in [0.1, 0.15) is 25.5 Å². The van der Waals surface area contributed by atoms with Crippen molar-refractivity contribution >= 4 is 21.6 Å². The van der Waals surface area contributed by atoms with E-state index in [0.717, 1.165) is 25.2 Å². The largest absolute Gasteiger partial charge is 0.393 e. The molecule has 2 rings (SSSR count). The molecule has 16 heavy (non-hydrogen) atoms. The van der Waals surface area contributed by atoms with E-state index in [1.165, 1.54) is 0 Å². The van der Waals surface area contributed by atoms with Crippen LogP contribution in [0.3, 0.4) is 0 Å². The molecule has 2 heterocycles. The minimum Gasteiger partial charge on any atom is -0.393 e. The lowest BCUT2D eigenvalue weighted by atomic mass is 10.2. The Labute approximate surface area is 102 Å². The molecule has 88 valence electrons. The van der Waals surface area contributed by atoms with Crippen LogP contribution in [0.4, 0.5) is 0 Å². The second-order valence-electron chi connectivity index (χ2n) is 3.55. The quantitative estimate of drug-likeness (QED) is 0.458. The summed E-state index contributed by atoms with van der Waals surface area (Å²) < 4.78 is 10.8. The Morgan fingerprint density at radius 3 is 3.12 bits per heavy atom. The smallest absolute Gasteiger partial charge is 0.185 e. The van der Waals surface area contributed by atoms with E-state index in [4.69, 9.17) is 14.1 Å². The maximum atomic E-state index is 5.20. The highest BCUT2D eigenvalue weighted by atomic mass is 79.9. The fourth-order valence-electron chi connectivity index (χ4n) is 1.20. The van der Waals surface area contributed by atoms with Crippen LogP contribution in [0.2, 0.25) is 0 Å². The van der Waals surface area contributed by atoms with Crippen molar-refractivity contribution in [1.29, 1.82) is 0 Å². The molecule has 1 fully saturated rings. The molecule has 1 unspecified atom stereocenters. The van der Waals surface area contributed by atoms with Crippen LogP contribution in [0.15, 0.2) is 20.3 Å². The first kappa shape index (κ1) is 11.6. The van der Waals surface area contributed by atoms with Gasteiger partial charge >= 0.3 is 0 Å². The van der Waals surface area contributed by atoms with Crippen molar-refractivity contribution in [3.8, 4) is 0 Å². The van der Waals surface area contributed by atoms with Gasteiger partial charge in [0, 0.05) is 6.07 Å². The molecule has 1 aromatic heterocycles. The highest BCUT2D eigenvalue weighted by molar-refractivity contribution is 9.10. The van der Waals surface area contributed by atoms with E-state index in [2.05, 4.69) is 33.2 Å². The van der Waals surface area contributed by atoms with Crippen LogP contribution >= 0.6 is 15.9 Å². The Morgan fingerprint density at radius 1 is 1.75 bits per heavy atom. The number of hydrogen-bond acceptors (Lipinski definition) is 5. The first-order chi connectivity index (χ1) is 7.79. The first-order valence-corrected chi connectivity index (χ1v) is 6.02. The fourth-order valence-corrected chi connectivity index (χ4v) is 1.48. The number of epoxide rings is 1. The highest BCUT2D eigenvalue weighted by Gasteiger charge is 2.23. The zero-order chi connectivity index (χ0) is 11.4. The van der Waals surface area contributed by atoms with Crippen LogP contribution in [-0.2, 0) is 9.57 Å².